The van der Waals surface area contributed by atoms with Gasteiger partial charge >= 0.3 is 0 Å². The number of nitrogens with one attached hydrogen (secondary N) is 1. The van der Waals surface area contributed by atoms with Crippen LogP contribution in [0.3, 0.4) is 0 Å². The third-order valence-corrected chi connectivity index (χ3v) is 2.41. The largest absolute Gasteiger partial charge is 0.319 e. The molecule has 0 amide bonds. The van der Waals surface area contributed by atoms with Crippen molar-refractivity contribution in [2.75, 3.05) is 13.6 Å². The van der Waals surface area contributed by atoms with Crippen molar-refractivity contribution in [2.24, 2.45) is 5.92 Å². The molecule has 0 saturated heterocycles. The highest BCUT2D eigenvalue weighted by molar-refractivity contribution is 6.30. The Labute approximate surface area is 89.3 Å². The number of hydrogen-bond acceptors (Lipinski definition) is 1. The van der Waals surface area contributed by atoms with Crippen LogP contribution >= 0.6 is 11.6 Å². The minimum Gasteiger partial charge on any atom is -0.319 e. The van der Waals surface area contributed by atoms with E-state index in [1.807, 2.05) is 7.05 Å². The van der Waals surface area contributed by atoms with Crippen LogP contribution in [0.15, 0.2) is 18.2 Å². The zero-order valence-corrected chi connectivity index (χ0v) is 9.24. The summed E-state index contributed by atoms with van der Waals surface area (Å²) in [5.41, 5.74) is 1.08. The summed E-state index contributed by atoms with van der Waals surface area (Å²) in [6.07, 6.45) is 0.918. The average Bonchev–Trinajstić information content (AvgIpc) is 2.12. The molecule has 1 unspecified atom stereocenters. The fraction of sp³-hybridized carbons (Fsp3) is 0.455. The molecule has 1 atom stereocenters. The Hall–Kier alpha value is -0.600. The van der Waals surface area contributed by atoms with Crippen LogP contribution in [0.25, 0.3) is 0 Å². The molecule has 1 N–H and O–H groups in total. The topological polar surface area (TPSA) is 12.0 Å². The third-order valence-electron chi connectivity index (χ3n) is 2.12. The van der Waals surface area contributed by atoms with Crippen LogP contribution in [0.2, 0.25) is 5.02 Å². The first kappa shape index (κ1) is 11.5. The van der Waals surface area contributed by atoms with E-state index in [1.54, 1.807) is 12.1 Å². The molecule has 0 aliphatic heterocycles. The Morgan fingerprint density at radius 2 is 2.21 bits per heavy atom. The van der Waals surface area contributed by atoms with Gasteiger partial charge in [0.2, 0.25) is 0 Å². The molecule has 0 aliphatic carbocycles. The van der Waals surface area contributed by atoms with Crippen molar-refractivity contribution >= 4 is 11.6 Å². The predicted octanol–water partition coefficient (Wildman–Crippen LogP) is 2.88. The van der Waals surface area contributed by atoms with E-state index in [9.17, 15) is 4.39 Å². The molecular weight excluding hydrogens is 201 g/mol. The average molecular weight is 216 g/mol. The first-order chi connectivity index (χ1) is 6.63. The maximum atomic E-state index is 12.8. The van der Waals surface area contributed by atoms with Gasteiger partial charge < -0.3 is 5.32 Å². The smallest absolute Gasteiger partial charge is 0.141 e. The van der Waals surface area contributed by atoms with Crippen molar-refractivity contribution in [3.8, 4) is 0 Å². The Morgan fingerprint density at radius 1 is 1.50 bits per heavy atom. The number of rotatable bonds is 4. The Morgan fingerprint density at radius 3 is 2.79 bits per heavy atom. The molecule has 3 heteroatoms. The standard InChI is InChI=1S/C11H15ClFN/c1-8(7-14-2)5-9-3-4-11(13)10(12)6-9/h3-4,6,8,14H,5,7H2,1-2H3. The summed E-state index contributed by atoms with van der Waals surface area (Å²) in [5.74, 6) is 0.179. The van der Waals surface area contributed by atoms with Gasteiger partial charge in [0.1, 0.15) is 5.82 Å². The first-order valence-corrected chi connectivity index (χ1v) is 5.09. The van der Waals surface area contributed by atoms with E-state index in [2.05, 4.69) is 12.2 Å². The van der Waals surface area contributed by atoms with E-state index < -0.39 is 0 Å². The number of halogens is 2. The lowest BCUT2D eigenvalue weighted by Crippen LogP contribution is -2.17. The normalized spacial score (nSPS) is 12.9. The molecule has 0 radical (unpaired) electrons. The van der Waals surface area contributed by atoms with Gasteiger partial charge in [0.25, 0.3) is 0 Å². The first-order valence-electron chi connectivity index (χ1n) is 4.72. The van der Waals surface area contributed by atoms with Gasteiger partial charge in [0.05, 0.1) is 5.02 Å². The van der Waals surface area contributed by atoms with Crippen molar-refractivity contribution in [1.29, 1.82) is 0 Å². The molecule has 14 heavy (non-hydrogen) atoms. The van der Waals surface area contributed by atoms with Crippen molar-refractivity contribution in [1.82, 2.24) is 5.32 Å². The quantitative estimate of drug-likeness (QED) is 0.815. The van der Waals surface area contributed by atoms with Gasteiger partial charge in [0, 0.05) is 0 Å². The highest BCUT2D eigenvalue weighted by atomic mass is 35.5. The van der Waals surface area contributed by atoms with Crippen LogP contribution in [0.1, 0.15) is 12.5 Å². The molecule has 0 saturated carbocycles. The second kappa shape index (κ2) is 5.32. The molecule has 0 aliphatic rings. The highest BCUT2D eigenvalue weighted by Crippen LogP contribution is 2.18. The fourth-order valence-corrected chi connectivity index (χ4v) is 1.69. The van der Waals surface area contributed by atoms with E-state index >= 15 is 0 Å². The minimum absolute atomic E-state index is 0.208. The second-order valence-corrected chi connectivity index (χ2v) is 4.02. The van der Waals surface area contributed by atoms with Crippen LogP contribution in [0.4, 0.5) is 4.39 Å². The van der Waals surface area contributed by atoms with Gasteiger partial charge in [-0.2, -0.15) is 0 Å². The maximum absolute atomic E-state index is 12.8. The Bertz CT molecular complexity index is 301. The molecule has 1 aromatic carbocycles. The van der Waals surface area contributed by atoms with Crippen LogP contribution in [-0.2, 0) is 6.42 Å². The lowest BCUT2D eigenvalue weighted by atomic mass is 10.0. The van der Waals surface area contributed by atoms with Crippen molar-refractivity contribution in [3.05, 3.63) is 34.6 Å². The van der Waals surface area contributed by atoms with Crippen LogP contribution in [-0.4, -0.2) is 13.6 Å². The van der Waals surface area contributed by atoms with E-state index in [-0.39, 0.29) is 10.8 Å². The number of benzene rings is 1. The predicted molar refractivity (Wildman–Crippen MR) is 58.2 cm³/mol. The molecule has 0 heterocycles. The molecule has 78 valence electrons. The van der Waals surface area contributed by atoms with Gasteiger partial charge in [-0.3, -0.25) is 0 Å². The summed E-state index contributed by atoms with van der Waals surface area (Å²) in [6, 6.07) is 4.90. The Kier molecular flexibility index (Phi) is 4.36. The fourth-order valence-electron chi connectivity index (χ4n) is 1.49. The SMILES string of the molecule is CNCC(C)Cc1ccc(F)c(Cl)c1. The lowest BCUT2D eigenvalue weighted by molar-refractivity contribution is 0.541. The van der Waals surface area contributed by atoms with Gasteiger partial charge in [-0.15, -0.1) is 0 Å². The van der Waals surface area contributed by atoms with Gasteiger partial charge in [0.15, 0.2) is 0 Å². The van der Waals surface area contributed by atoms with E-state index in [1.165, 1.54) is 6.07 Å². The summed E-state index contributed by atoms with van der Waals surface area (Å²) in [5, 5.41) is 3.31. The van der Waals surface area contributed by atoms with E-state index in [0.717, 1.165) is 18.5 Å². The summed E-state index contributed by atoms with van der Waals surface area (Å²) >= 11 is 5.68. The third kappa shape index (κ3) is 3.28. The lowest BCUT2D eigenvalue weighted by Gasteiger charge is -2.10. The summed E-state index contributed by atoms with van der Waals surface area (Å²) in [7, 11) is 1.92. The molecule has 1 rings (SSSR count). The van der Waals surface area contributed by atoms with E-state index in [0.29, 0.717) is 5.92 Å². The summed E-state index contributed by atoms with van der Waals surface area (Å²) in [6.45, 7) is 3.10. The zero-order valence-electron chi connectivity index (χ0n) is 8.48. The summed E-state index contributed by atoms with van der Waals surface area (Å²) < 4.78 is 12.8. The molecule has 1 nitrogen and oxygen atoms in total. The monoisotopic (exact) mass is 215 g/mol. The van der Waals surface area contributed by atoms with Crippen molar-refractivity contribution in [2.45, 2.75) is 13.3 Å². The molecule has 0 spiro atoms. The van der Waals surface area contributed by atoms with Gasteiger partial charge in [-0.05, 0) is 43.6 Å². The number of hydrogen-bond donors (Lipinski definition) is 1. The van der Waals surface area contributed by atoms with Crippen molar-refractivity contribution < 1.29 is 4.39 Å². The maximum Gasteiger partial charge on any atom is 0.141 e. The minimum atomic E-state index is -0.350. The van der Waals surface area contributed by atoms with Crippen LogP contribution in [0, 0.1) is 11.7 Å². The molecule has 0 bridgehead atoms. The van der Waals surface area contributed by atoms with E-state index in [4.69, 9.17) is 11.6 Å². The highest BCUT2D eigenvalue weighted by Gasteiger charge is 2.05. The van der Waals surface area contributed by atoms with Crippen LogP contribution in [0.5, 0.6) is 0 Å². The summed E-state index contributed by atoms with van der Waals surface area (Å²) in [4.78, 5) is 0. The molecule has 0 fully saturated rings. The van der Waals surface area contributed by atoms with Gasteiger partial charge in [-0.25, -0.2) is 4.39 Å². The molecule has 0 aromatic heterocycles. The zero-order chi connectivity index (χ0) is 10.6. The molecule has 1 aromatic rings. The Balaban J connectivity index is 2.63. The second-order valence-electron chi connectivity index (χ2n) is 3.62. The van der Waals surface area contributed by atoms with Crippen LogP contribution < -0.4 is 5.32 Å². The van der Waals surface area contributed by atoms with Gasteiger partial charge in [-0.1, -0.05) is 24.6 Å². The molecular formula is C11H15ClFN. The van der Waals surface area contributed by atoms with Crippen molar-refractivity contribution in [3.63, 3.8) is 0 Å².